The van der Waals surface area contributed by atoms with Crippen LogP contribution < -0.4 is 10.2 Å². The molecule has 1 saturated heterocycles. The van der Waals surface area contributed by atoms with E-state index < -0.39 is 0 Å². The van der Waals surface area contributed by atoms with Crippen molar-refractivity contribution in [1.82, 2.24) is 10.2 Å². The molecular formula is C16H24ClN3. The van der Waals surface area contributed by atoms with Gasteiger partial charge in [-0.05, 0) is 24.1 Å². The third-order valence-electron chi connectivity index (χ3n) is 3.84. The first kappa shape index (κ1) is 15.4. The Morgan fingerprint density at radius 3 is 2.65 bits per heavy atom. The summed E-state index contributed by atoms with van der Waals surface area (Å²) < 4.78 is 0. The maximum absolute atomic E-state index is 6.52. The van der Waals surface area contributed by atoms with Crippen LogP contribution in [0.25, 0.3) is 0 Å². The Morgan fingerprint density at radius 1 is 1.40 bits per heavy atom. The van der Waals surface area contributed by atoms with E-state index in [1.54, 1.807) is 0 Å². The van der Waals surface area contributed by atoms with Gasteiger partial charge in [0, 0.05) is 57.0 Å². The minimum atomic E-state index is 0.332. The van der Waals surface area contributed by atoms with Gasteiger partial charge in [-0.25, -0.2) is 0 Å². The van der Waals surface area contributed by atoms with E-state index in [0.717, 1.165) is 43.3 Å². The molecule has 4 heteroatoms. The molecule has 0 unspecified atom stereocenters. The SMILES string of the molecule is C=CC[C@H](c1ccc(N(C)C)cc1Cl)N1CCNCC1. The maximum atomic E-state index is 6.52. The summed E-state index contributed by atoms with van der Waals surface area (Å²) in [7, 11) is 4.06. The molecule has 1 aliphatic rings. The average Bonchev–Trinajstić information content (AvgIpc) is 2.46. The fourth-order valence-corrected chi connectivity index (χ4v) is 2.99. The molecule has 2 rings (SSSR count). The Hall–Kier alpha value is -1.03. The van der Waals surface area contributed by atoms with Gasteiger partial charge in [-0.1, -0.05) is 23.7 Å². The van der Waals surface area contributed by atoms with E-state index in [-0.39, 0.29) is 0 Å². The minimum Gasteiger partial charge on any atom is -0.378 e. The van der Waals surface area contributed by atoms with Crippen molar-refractivity contribution in [1.29, 1.82) is 0 Å². The Labute approximate surface area is 127 Å². The van der Waals surface area contributed by atoms with Gasteiger partial charge in [0.25, 0.3) is 0 Å². The molecule has 0 bridgehead atoms. The summed E-state index contributed by atoms with van der Waals surface area (Å²) in [5, 5.41) is 4.24. The molecule has 1 heterocycles. The van der Waals surface area contributed by atoms with E-state index in [1.807, 2.05) is 20.2 Å². The summed E-state index contributed by atoms with van der Waals surface area (Å²) in [6.45, 7) is 8.11. The van der Waals surface area contributed by atoms with Crippen molar-refractivity contribution in [2.45, 2.75) is 12.5 Å². The second-order valence-electron chi connectivity index (χ2n) is 5.43. The predicted octanol–water partition coefficient (Wildman–Crippen LogP) is 2.93. The highest BCUT2D eigenvalue weighted by Crippen LogP contribution is 2.33. The number of piperazine rings is 1. The highest BCUT2D eigenvalue weighted by molar-refractivity contribution is 6.31. The third kappa shape index (κ3) is 3.54. The standard InChI is InChI=1S/C16H24ClN3/c1-4-5-16(20-10-8-18-9-11-20)14-7-6-13(19(2)3)12-15(14)17/h4,6-7,12,16,18H,1,5,8-11H2,2-3H3/t16-/m1/s1. The van der Waals surface area contributed by atoms with E-state index in [1.165, 1.54) is 5.56 Å². The first-order valence-corrected chi connectivity index (χ1v) is 7.53. The predicted molar refractivity (Wildman–Crippen MR) is 87.8 cm³/mol. The molecule has 0 saturated carbocycles. The van der Waals surface area contributed by atoms with Gasteiger partial charge in [0.2, 0.25) is 0 Å². The van der Waals surface area contributed by atoms with Crippen molar-refractivity contribution in [3.63, 3.8) is 0 Å². The highest BCUT2D eigenvalue weighted by Gasteiger charge is 2.23. The lowest BCUT2D eigenvalue weighted by Crippen LogP contribution is -2.45. The van der Waals surface area contributed by atoms with E-state index in [4.69, 9.17) is 11.6 Å². The second-order valence-corrected chi connectivity index (χ2v) is 5.83. The second kappa shape index (κ2) is 7.11. The smallest absolute Gasteiger partial charge is 0.0474 e. The van der Waals surface area contributed by atoms with E-state index in [0.29, 0.717) is 6.04 Å². The van der Waals surface area contributed by atoms with Crippen molar-refractivity contribution in [3.05, 3.63) is 41.4 Å². The van der Waals surface area contributed by atoms with Crippen LogP contribution in [0.4, 0.5) is 5.69 Å². The molecule has 1 aliphatic heterocycles. The van der Waals surface area contributed by atoms with Crippen LogP contribution in [0.15, 0.2) is 30.9 Å². The summed E-state index contributed by atoms with van der Waals surface area (Å²) in [4.78, 5) is 4.57. The highest BCUT2D eigenvalue weighted by atomic mass is 35.5. The minimum absolute atomic E-state index is 0.332. The molecule has 0 amide bonds. The number of rotatable bonds is 5. The van der Waals surface area contributed by atoms with E-state index in [9.17, 15) is 0 Å². The van der Waals surface area contributed by atoms with Crippen LogP contribution >= 0.6 is 11.6 Å². The van der Waals surface area contributed by atoms with Crippen LogP contribution in [-0.2, 0) is 0 Å². The van der Waals surface area contributed by atoms with Crippen LogP contribution in [0.2, 0.25) is 5.02 Å². The van der Waals surface area contributed by atoms with Crippen LogP contribution in [0.1, 0.15) is 18.0 Å². The number of anilines is 1. The number of hydrogen-bond acceptors (Lipinski definition) is 3. The van der Waals surface area contributed by atoms with Crippen LogP contribution in [0, 0.1) is 0 Å². The molecule has 0 aliphatic carbocycles. The van der Waals surface area contributed by atoms with Crippen molar-refractivity contribution in [3.8, 4) is 0 Å². The van der Waals surface area contributed by atoms with Crippen LogP contribution in [0.3, 0.4) is 0 Å². The normalized spacial score (nSPS) is 17.8. The summed E-state index contributed by atoms with van der Waals surface area (Å²) in [6.07, 6.45) is 2.92. The van der Waals surface area contributed by atoms with Gasteiger partial charge in [0.15, 0.2) is 0 Å². The quantitative estimate of drug-likeness (QED) is 0.842. The topological polar surface area (TPSA) is 18.5 Å². The number of halogens is 1. The number of hydrogen-bond donors (Lipinski definition) is 1. The van der Waals surface area contributed by atoms with Gasteiger partial charge in [-0.2, -0.15) is 0 Å². The largest absolute Gasteiger partial charge is 0.378 e. The average molecular weight is 294 g/mol. The van der Waals surface area contributed by atoms with Crippen LogP contribution in [0.5, 0.6) is 0 Å². The fourth-order valence-electron chi connectivity index (χ4n) is 2.69. The summed E-state index contributed by atoms with van der Waals surface area (Å²) in [5.74, 6) is 0. The molecule has 3 nitrogen and oxygen atoms in total. The molecule has 1 aromatic carbocycles. The molecule has 0 spiro atoms. The summed E-state index contributed by atoms with van der Waals surface area (Å²) in [5.41, 5.74) is 2.34. The monoisotopic (exact) mass is 293 g/mol. The lowest BCUT2D eigenvalue weighted by Gasteiger charge is -2.35. The van der Waals surface area contributed by atoms with Crippen molar-refractivity contribution in [2.24, 2.45) is 0 Å². The third-order valence-corrected chi connectivity index (χ3v) is 4.17. The number of nitrogens with one attached hydrogen (secondary N) is 1. The lowest BCUT2D eigenvalue weighted by atomic mass is 10.0. The summed E-state index contributed by atoms with van der Waals surface area (Å²) >= 11 is 6.52. The zero-order valence-electron chi connectivity index (χ0n) is 12.4. The lowest BCUT2D eigenvalue weighted by molar-refractivity contribution is 0.174. The molecule has 20 heavy (non-hydrogen) atoms. The maximum Gasteiger partial charge on any atom is 0.0474 e. The molecule has 0 aromatic heterocycles. The molecule has 110 valence electrons. The van der Waals surface area contributed by atoms with Gasteiger partial charge in [-0.3, -0.25) is 4.90 Å². The summed E-state index contributed by atoms with van der Waals surface area (Å²) in [6, 6.07) is 6.68. The van der Waals surface area contributed by atoms with E-state index in [2.05, 4.69) is 39.9 Å². The Balaban J connectivity index is 2.26. The molecule has 1 fully saturated rings. The molecule has 1 N–H and O–H groups in total. The van der Waals surface area contributed by atoms with Gasteiger partial charge in [-0.15, -0.1) is 6.58 Å². The van der Waals surface area contributed by atoms with Crippen molar-refractivity contribution in [2.75, 3.05) is 45.2 Å². The first-order valence-electron chi connectivity index (χ1n) is 7.16. The van der Waals surface area contributed by atoms with E-state index >= 15 is 0 Å². The van der Waals surface area contributed by atoms with Gasteiger partial charge in [0.1, 0.15) is 0 Å². The van der Waals surface area contributed by atoms with Crippen molar-refractivity contribution >= 4 is 17.3 Å². The molecular weight excluding hydrogens is 270 g/mol. The number of nitrogens with zero attached hydrogens (tertiary/aromatic N) is 2. The first-order chi connectivity index (χ1) is 9.63. The zero-order valence-corrected chi connectivity index (χ0v) is 13.2. The number of benzene rings is 1. The fraction of sp³-hybridized carbons (Fsp3) is 0.500. The Kier molecular flexibility index (Phi) is 5.46. The van der Waals surface area contributed by atoms with Crippen molar-refractivity contribution < 1.29 is 0 Å². The van der Waals surface area contributed by atoms with Crippen LogP contribution in [-0.4, -0.2) is 45.2 Å². The van der Waals surface area contributed by atoms with Gasteiger partial charge in [0.05, 0.1) is 0 Å². The zero-order chi connectivity index (χ0) is 14.5. The molecule has 1 aromatic rings. The molecule has 0 radical (unpaired) electrons. The Morgan fingerprint density at radius 2 is 2.10 bits per heavy atom. The van der Waals surface area contributed by atoms with Gasteiger partial charge < -0.3 is 10.2 Å². The van der Waals surface area contributed by atoms with Gasteiger partial charge >= 0.3 is 0 Å². The Bertz CT molecular complexity index is 453. The molecule has 1 atom stereocenters.